The van der Waals surface area contributed by atoms with E-state index in [4.69, 9.17) is 0 Å². The fraction of sp³-hybridized carbons (Fsp3) is 0.929. The zero-order valence-corrected chi connectivity index (χ0v) is 11.8. The Balaban J connectivity index is 2.22. The average Bonchev–Trinajstić information content (AvgIpc) is 2.25. The normalized spacial score (nSPS) is 20.0. The minimum atomic E-state index is -0.132. The number of hydrogen-bond acceptors (Lipinski definition) is 2. The van der Waals surface area contributed by atoms with Crippen molar-refractivity contribution in [3.63, 3.8) is 0 Å². The van der Waals surface area contributed by atoms with Gasteiger partial charge in [-0.25, -0.2) is 0 Å². The van der Waals surface area contributed by atoms with Crippen molar-refractivity contribution in [2.45, 2.75) is 71.4 Å². The van der Waals surface area contributed by atoms with E-state index in [1.165, 1.54) is 32.1 Å². The summed E-state index contributed by atoms with van der Waals surface area (Å²) in [6, 6.07) is 0.459. The summed E-state index contributed by atoms with van der Waals surface area (Å²) in [7, 11) is 0. The Morgan fingerprint density at radius 1 is 1.24 bits per heavy atom. The smallest absolute Gasteiger partial charge is 0.234 e. The minimum Gasteiger partial charge on any atom is -0.350 e. The van der Waals surface area contributed by atoms with Gasteiger partial charge in [-0.1, -0.05) is 19.3 Å². The van der Waals surface area contributed by atoms with Crippen LogP contribution in [0.5, 0.6) is 0 Å². The summed E-state index contributed by atoms with van der Waals surface area (Å²) in [6.45, 7) is 8.68. The van der Waals surface area contributed by atoms with E-state index >= 15 is 0 Å². The molecule has 1 aliphatic rings. The standard InChI is InChI=1S/C14H28N2O/c1-11(12-8-6-5-7-9-12)15-10-13(17)16-14(2,3)4/h11-12,15H,5-10H2,1-4H3,(H,16,17)/t11-/m1/s1. The van der Waals surface area contributed by atoms with Crippen molar-refractivity contribution in [1.82, 2.24) is 10.6 Å². The molecular formula is C14H28N2O. The molecule has 0 radical (unpaired) electrons. The first-order chi connectivity index (χ1) is 7.88. The van der Waals surface area contributed by atoms with E-state index in [1.54, 1.807) is 0 Å². The maximum Gasteiger partial charge on any atom is 0.234 e. The molecule has 17 heavy (non-hydrogen) atoms. The van der Waals surface area contributed by atoms with Crippen molar-refractivity contribution in [3.8, 4) is 0 Å². The Kier molecular flexibility index (Phi) is 5.44. The van der Waals surface area contributed by atoms with E-state index in [0.29, 0.717) is 12.6 Å². The number of carbonyl (C=O) groups is 1. The van der Waals surface area contributed by atoms with E-state index in [9.17, 15) is 4.79 Å². The van der Waals surface area contributed by atoms with Crippen LogP contribution in [-0.2, 0) is 4.79 Å². The highest BCUT2D eigenvalue weighted by Crippen LogP contribution is 2.26. The first-order valence-corrected chi connectivity index (χ1v) is 6.93. The Hall–Kier alpha value is -0.570. The predicted molar refractivity (Wildman–Crippen MR) is 71.9 cm³/mol. The highest BCUT2D eigenvalue weighted by atomic mass is 16.2. The van der Waals surface area contributed by atoms with E-state index in [1.807, 2.05) is 20.8 Å². The van der Waals surface area contributed by atoms with Crippen molar-refractivity contribution in [2.24, 2.45) is 5.92 Å². The van der Waals surface area contributed by atoms with Gasteiger partial charge in [-0.3, -0.25) is 4.79 Å². The lowest BCUT2D eigenvalue weighted by atomic mass is 9.84. The van der Waals surface area contributed by atoms with Gasteiger partial charge in [0.2, 0.25) is 5.91 Å². The van der Waals surface area contributed by atoms with Gasteiger partial charge in [-0.15, -0.1) is 0 Å². The summed E-state index contributed by atoms with van der Waals surface area (Å²) in [5.74, 6) is 0.853. The largest absolute Gasteiger partial charge is 0.350 e. The molecular weight excluding hydrogens is 212 g/mol. The van der Waals surface area contributed by atoms with Crippen molar-refractivity contribution in [2.75, 3.05) is 6.54 Å². The zero-order chi connectivity index (χ0) is 12.9. The zero-order valence-electron chi connectivity index (χ0n) is 11.8. The van der Waals surface area contributed by atoms with Crippen LogP contribution in [0.1, 0.15) is 59.8 Å². The first kappa shape index (κ1) is 14.5. The predicted octanol–water partition coefficient (Wildman–Crippen LogP) is 2.46. The molecule has 0 saturated heterocycles. The van der Waals surface area contributed by atoms with Gasteiger partial charge in [0.05, 0.1) is 6.54 Å². The third-order valence-corrected chi connectivity index (χ3v) is 3.46. The van der Waals surface area contributed by atoms with Crippen LogP contribution in [0.3, 0.4) is 0 Å². The molecule has 2 N–H and O–H groups in total. The Morgan fingerprint density at radius 3 is 2.35 bits per heavy atom. The molecule has 0 aromatic heterocycles. The first-order valence-electron chi connectivity index (χ1n) is 6.93. The van der Waals surface area contributed by atoms with E-state index in [-0.39, 0.29) is 11.4 Å². The van der Waals surface area contributed by atoms with Crippen molar-refractivity contribution >= 4 is 5.91 Å². The second-order valence-electron chi connectivity index (χ2n) is 6.37. The number of hydrogen-bond donors (Lipinski definition) is 2. The summed E-state index contributed by atoms with van der Waals surface area (Å²) in [5, 5.41) is 6.34. The number of amides is 1. The Labute approximate surface area is 106 Å². The molecule has 0 unspecified atom stereocenters. The fourth-order valence-electron chi connectivity index (χ4n) is 2.52. The SMILES string of the molecule is C[C@@H](NCC(=O)NC(C)(C)C)C1CCCCC1. The van der Waals surface area contributed by atoms with Crippen LogP contribution in [0.25, 0.3) is 0 Å². The van der Waals surface area contributed by atoms with Gasteiger partial charge < -0.3 is 10.6 Å². The van der Waals surface area contributed by atoms with Gasteiger partial charge in [-0.2, -0.15) is 0 Å². The molecule has 1 atom stereocenters. The van der Waals surface area contributed by atoms with Gasteiger partial charge >= 0.3 is 0 Å². The molecule has 0 aromatic rings. The fourth-order valence-corrected chi connectivity index (χ4v) is 2.52. The van der Waals surface area contributed by atoms with Crippen LogP contribution >= 0.6 is 0 Å². The Morgan fingerprint density at radius 2 is 1.82 bits per heavy atom. The lowest BCUT2D eigenvalue weighted by Gasteiger charge is -2.29. The highest BCUT2D eigenvalue weighted by molar-refractivity contribution is 5.78. The summed E-state index contributed by atoms with van der Waals surface area (Å²) in [5.41, 5.74) is -0.132. The summed E-state index contributed by atoms with van der Waals surface area (Å²) >= 11 is 0. The third kappa shape index (κ3) is 6.06. The maximum absolute atomic E-state index is 11.7. The summed E-state index contributed by atoms with van der Waals surface area (Å²) < 4.78 is 0. The molecule has 1 aliphatic carbocycles. The van der Waals surface area contributed by atoms with Gasteiger partial charge in [0.25, 0.3) is 0 Å². The molecule has 0 heterocycles. The number of rotatable bonds is 4. The van der Waals surface area contributed by atoms with Gasteiger partial charge in [-0.05, 0) is 46.5 Å². The van der Waals surface area contributed by atoms with Crippen LogP contribution in [0.15, 0.2) is 0 Å². The van der Waals surface area contributed by atoms with Crippen molar-refractivity contribution in [3.05, 3.63) is 0 Å². The number of nitrogens with one attached hydrogen (secondary N) is 2. The number of carbonyl (C=O) groups excluding carboxylic acids is 1. The molecule has 1 amide bonds. The maximum atomic E-state index is 11.7. The van der Waals surface area contributed by atoms with Gasteiger partial charge in [0.15, 0.2) is 0 Å². The molecule has 100 valence electrons. The van der Waals surface area contributed by atoms with Crippen LogP contribution in [0.2, 0.25) is 0 Å². The van der Waals surface area contributed by atoms with E-state index < -0.39 is 0 Å². The lowest BCUT2D eigenvalue weighted by Crippen LogP contribution is -2.47. The summed E-state index contributed by atoms with van der Waals surface area (Å²) in [4.78, 5) is 11.7. The average molecular weight is 240 g/mol. The van der Waals surface area contributed by atoms with Crippen molar-refractivity contribution < 1.29 is 4.79 Å². The van der Waals surface area contributed by atoms with Crippen molar-refractivity contribution in [1.29, 1.82) is 0 Å². The topological polar surface area (TPSA) is 41.1 Å². The molecule has 3 nitrogen and oxygen atoms in total. The van der Waals surface area contributed by atoms with Gasteiger partial charge in [0.1, 0.15) is 0 Å². The quantitative estimate of drug-likeness (QED) is 0.792. The molecule has 3 heteroatoms. The molecule has 0 aromatic carbocycles. The third-order valence-electron chi connectivity index (χ3n) is 3.46. The second kappa shape index (κ2) is 6.39. The molecule has 1 rings (SSSR count). The molecule has 0 aliphatic heterocycles. The molecule has 0 bridgehead atoms. The second-order valence-corrected chi connectivity index (χ2v) is 6.37. The lowest BCUT2D eigenvalue weighted by molar-refractivity contribution is -0.121. The van der Waals surface area contributed by atoms with Crippen LogP contribution in [0.4, 0.5) is 0 Å². The Bertz CT molecular complexity index is 239. The monoisotopic (exact) mass is 240 g/mol. The van der Waals surface area contributed by atoms with Crippen LogP contribution < -0.4 is 10.6 Å². The minimum absolute atomic E-state index is 0.0974. The van der Waals surface area contributed by atoms with Gasteiger partial charge in [0, 0.05) is 11.6 Å². The molecule has 1 saturated carbocycles. The van der Waals surface area contributed by atoms with E-state index in [2.05, 4.69) is 17.6 Å². The van der Waals surface area contributed by atoms with Crippen LogP contribution in [0, 0.1) is 5.92 Å². The molecule has 0 spiro atoms. The molecule has 1 fully saturated rings. The summed E-state index contributed by atoms with van der Waals surface area (Å²) in [6.07, 6.45) is 6.72. The highest BCUT2D eigenvalue weighted by Gasteiger charge is 2.21. The van der Waals surface area contributed by atoms with E-state index in [0.717, 1.165) is 5.92 Å². The van der Waals surface area contributed by atoms with Crippen LogP contribution in [-0.4, -0.2) is 24.0 Å².